The second kappa shape index (κ2) is 14.6. The standard InChI is InChI=1S/C31H44N4O7S/c1-22-5-8-27(9-6-22)43(39,40)33(4)20-29-23(2)19-35(24(3)21-36)31(38)18-25-17-26(7-10-28(25)42-29)32-30(37)11-12-34-13-15-41-16-14-34/h5-10,17,23-24,29,36H,11-16,18-21H2,1-4H3,(H,32,37)/t23-,24+,29+/m0/s1. The minimum absolute atomic E-state index is 0.00804. The molecule has 2 aromatic rings. The van der Waals surface area contributed by atoms with Gasteiger partial charge in [0.2, 0.25) is 21.8 Å². The molecule has 1 fully saturated rings. The number of benzene rings is 2. The summed E-state index contributed by atoms with van der Waals surface area (Å²) in [6.45, 7) is 9.27. The van der Waals surface area contributed by atoms with Gasteiger partial charge >= 0.3 is 0 Å². The number of sulfonamides is 1. The van der Waals surface area contributed by atoms with Crippen LogP contribution in [0.5, 0.6) is 5.75 Å². The van der Waals surface area contributed by atoms with E-state index in [-0.39, 0.29) is 48.7 Å². The number of carbonyl (C=O) groups excluding carboxylic acids is 2. The number of rotatable bonds is 10. The Kier molecular flexibility index (Phi) is 11.2. The quantitative estimate of drug-likeness (QED) is 0.416. The molecule has 236 valence electrons. The molecule has 1 saturated heterocycles. The predicted octanol–water partition coefficient (Wildman–Crippen LogP) is 2.13. The third-order valence-electron chi connectivity index (χ3n) is 8.13. The van der Waals surface area contributed by atoms with Crippen LogP contribution in [0.4, 0.5) is 5.69 Å². The number of carbonyl (C=O) groups is 2. The molecule has 2 amide bonds. The van der Waals surface area contributed by atoms with Crippen molar-refractivity contribution in [1.29, 1.82) is 0 Å². The van der Waals surface area contributed by atoms with Crippen LogP contribution in [-0.4, -0.2) is 111 Å². The second-order valence-electron chi connectivity index (χ2n) is 11.6. The number of aliphatic hydroxyl groups excluding tert-OH is 1. The minimum Gasteiger partial charge on any atom is -0.488 e. The summed E-state index contributed by atoms with van der Waals surface area (Å²) in [5.74, 6) is -0.127. The lowest BCUT2D eigenvalue weighted by molar-refractivity contribution is -0.134. The molecular formula is C31H44N4O7S. The SMILES string of the molecule is Cc1ccc(S(=O)(=O)N(C)C[C@H]2Oc3ccc(NC(=O)CCN4CCOCC4)cc3CC(=O)N([C@H](C)CO)C[C@@H]2C)cc1. The van der Waals surface area contributed by atoms with Gasteiger partial charge in [0.1, 0.15) is 11.9 Å². The number of nitrogens with zero attached hydrogens (tertiary/aromatic N) is 3. The van der Waals surface area contributed by atoms with Gasteiger partial charge in [-0.1, -0.05) is 24.6 Å². The van der Waals surface area contributed by atoms with E-state index in [1.165, 1.54) is 11.4 Å². The molecule has 0 radical (unpaired) electrons. The average molecular weight is 617 g/mol. The highest BCUT2D eigenvalue weighted by Crippen LogP contribution is 2.30. The van der Waals surface area contributed by atoms with Gasteiger partial charge in [-0.15, -0.1) is 0 Å². The molecule has 0 bridgehead atoms. The fraction of sp³-hybridized carbons (Fsp3) is 0.548. The highest BCUT2D eigenvalue weighted by atomic mass is 32.2. The van der Waals surface area contributed by atoms with Crippen molar-refractivity contribution in [3.8, 4) is 5.75 Å². The molecular weight excluding hydrogens is 572 g/mol. The molecule has 0 unspecified atom stereocenters. The van der Waals surface area contributed by atoms with E-state index in [4.69, 9.17) is 9.47 Å². The first-order valence-corrected chi connectivity index (χ1v) is 16.2. The Morgan fingerprint density at radius 2 is 1.86 bits per heavy atom. The second-order valence-corrected chi connectivity index (χ2v) is 13.6. The molecule has 11 nitrogen and oxygen atoms in total. The fourth-order valence-corrected chi connectivity index (χ4v) is 6.46. The number of likely N-dealkylation sites (N-methyl/N-ethyl adjacent to an activating group) is 1. The molecule has 2 heterocycles. The number of nitrogens with one attached hydrogen (secondary N) is 1. The van der Waals surface area contributed by atoms with Crippen molar-refractivity contribution < 1.29 is 32.6 Å². The Balaban J connectivity index is 1.56. The van der Waals surface area contributed by atoms with Crippen LogP contribution < -0.4 is 10.1 Å². The van der Waals surface area contributed by atoms with Crippen LogP contribution in [0.15, 0.2) is 47.4 Å². The molecule has 0 aromatic heterocycles. The van der Waals surface area contributed by atoms with Gasteiger partial charge in [0.25, 0.3) is 0 Å². The van der Waals surface area contributed by atoms with E-state index in [1.807, 2.05) is 13.8 Å². The number of morpholine rings is 1. The Morgan fingerprint density at radius 3 is 2.53 bits per heavy atom. The molecule has 2 aromatic carbocycles. The maximum atomic E-state index is 13.5. The number of ether oxygens (including phenoxy) is 2. The van der Waals surface area contributed by atoms with E-state index in [1.54, 1.807) is 54.3 Å². The van der Waals surface area contributed by atoms with Gasteiger partial charge < -0.3 is 24.8 Å². The Morgan fingerprint density at radius 1 is 1.16 bits per heavy atom. The lowest BCUT2D eigenvalue weighted by Crippen LogP contribution is -2.48. The van der Waals surface area contributed by atoms with Gasteiger partial charge in [0.05, 0.1) is 43.7 Å². The first-order valence-electron chi connectivity index (χ1n) is 14.8. The molecule has 2 aliphatic rings. The molecule has 0 aliphatic carbocycles. The first-order chi connectivity index (χ1) is 20.5. The number of fused-ring (bicyclic) bond motifs is 1. The van der Waals surface area contributed by atoms with E-state index in [2.05, 4.69) is 10.2 Å². The molecule has 2 aliphatic heterocycles. The summed E-state index contributed by atoms with van der Waals surface area (Å²) in [4.78, 5) is 30.2. The molecule has 3 atom stereocenters. The molecule has 43 heavy (non-hydrogen) atoms. The van der Waals surface area contributed by atoms with Crippen molar-refractivity contribution in [1.82, 2.24) is 14.1 Å². The molecule has 2 N–H and O–H groups in total. The topological polar surface area (TPSA) is 129 Å². The zero-order chi connectivity index (χ0) is 31.1. The number of anilines is 1. The van der Waals surface area contributed by atoms with Crippen LogP contribution in [0.25, 0.3) is 0 Å². The summed E-state index contributed by atoms with van der Waals surface area (Å²) in [7, 11) is -2.27. The lowest BCUT2D eigenvalue weighted by atomic mass is 10.0. The van der Waals surface area contributed by atoms with Crippen LogP contribution >= 0.6 is 0 Å². The highest BCUT2D eigenvalue weighted by molar-refractivity contribution is 7.89. The van der Waals surface area contributed by atoms with Gasteiger partial charge in [0.15, 0.2) is 0 Å². The summed E-state index contributed by atoms with van der Waals surface area (Å²) in [6.07, 6.45) is -0.263. The van der Waals surface area contributed by atoms with E-state index in [9.17, 15) is 23.1 Å². The Labute approximate surface area is 254 Å². The monoisotopic (exact) mass is 616 g/mol. The van der Waals surface area contributed by atoms with E-state index < -0.39 is 22.2 Å². The van der Waals surface area contributed by atoms with Crippen molar-refractivity contribution in [3.05, 3.63) is 53.6 Å². The van der Waals surface area contributed by atoms with Crippen LogP contribution in [0.2, 0.25) is 0 Å². The normalized spacial score (nSPS) is 20.9. The maximum absolute atomic E-state index is 13.5. The van der Waals surface area contributed by atoms with Gasteiger partial charge in [-0.05, 0) is 44.2 Å². The molecule has 12 heteroatoms. The van der Waals surface area contributed by atoms with Gasteiger partial charge in [-0.2, -0.15) is 4.31 Å². The van der Waals surface area contributed by atoms with Crippen molar-refractivity contribution >= 4 is 27.5 Å². The molecule has 0 spiro atoms. The lowest BCUT2D eigenvalue weighted by Gasteiger charge is -2.33. The Hall–Kier alpha value is -3.03. The third kappa shape index (κ3) is 8.54. The Bertz CT molecular complexity index is 1360. The third-order valence-corrected chi connectivity index (χ3v) is 9.96. The van der Waals surface area contributed by atoms with E-state index in [0.717, 1.165) is 18.7 Å². The average Bonchev–Trinajstić information content (AvgIpc) is 3.03. The minimum atomic E-state index is -3.79. The number of aryl methyl sites for hydroxylation is 1. The zero-order valence-corrected chi connectivity index (χ0v) is 26.3. The van der Waals surface area contributed by atoms with E-state index in [0.29, 0.717) is 43.2 Å². The van der Waals surface area contributed by atoms with Crippen molar-refractivity contribution in [2.75, 3.05) is 64.9 Å². The number of aliphatic hydroxyl groups is 1. The molecule has 4 rings (SSSR count). The summed E-state index contributed by atoms with van der Waals surface area (Å²) in [6, 6.07) is 11.4. The van der Waals surface area contributed by atoms with Gasteiger partial charge in [-0.3, -0.25) is 14.5 Å². The summed E-state index contributed by atoms with van der Waals surface area (Å²) in [5, 5.41) is 12.8. The fourth-order valence-electron chi connectivity index (χ4n) is 5.27. The summed E-state index contributed by atoms with van der Waals surface area (Å²) >= 11 is 0. The van der Waals surface area contributed by atoms with Crippen LogP contribution in [0.3, 0.4) is 0 Å². The van der Waals surface area contributed by atoms with E-state index >= 15 is 0 Å². The smallest absolute Gasteiger partial charge is 0.242 e. The number of hydrogen-bond acceptors (Lipinski definition) is 8. The largest absolute Gasteiger partial charge is 0.488 e. The zero-order valence-electron chi connectivity index (χ0n) is 25.5. The number of amides is 2. The van der Waals surface area contributed by atoms with Gasteiger partial charge in [0, 0.05) is 56.8 Å². The highest BCUT2D eigenvalue weighted by Gasteiger charge is 2.33. The van der Waals surface area contributed by atoms with Gasteiger partial charge in [-0.25, -0.2) is 8.42 Å². The van der Waals surface area contributed by atoms with Crippen molar-refractivity contribution in [3.63, 3.8) is 0 Å². The van der Waals surface area contributed by atoms with Crippen molar-refractivity contribution in [2.24, 2.45) is 5.92 Å². The summed E-state index contributed by atoms with van der Waals surface area (Å²) < 4.78 is 39.9. The van der Waals surface area contributed by atoms with Crippen LogP contribution in [0.1, 0.15) is 31.4 Å². The number of hydrogen-bond donors (Lipinski definition) is 2. The summed E-state index contributed by atoms with van der Waals surface area (Å²) in [5.41, 5.74) is 2.09. The first kappa shape index (κ1) is 32.9. The van der Waals surface area contributed by atoms with Crippen molar-refractivity contribution in [2.45, 2.75) is 50.7 Å². The maximum Gasteiger partial charge on any atom is 0.242 e. The molecule has 0 saturated carbocycles. The van der Waals surface area contributed by atoms with Crippen LogP contribution in [0, 0.1) is 12.8 Å². The predicted molar refractivity (Wildman–Crippen MR) is 163 cm³/mol. The van der Waals surface area contributed by atoms with Crippen LogP contribution in [-0.2, 0) is 30.8 Å².